The van der Waals surface area contributed by atoms with Gasteiger partial charge in [0, 0.05) is 30.8 Å². The Morgan fingerprint density at radius 3 is 2.95 bits per heavy atom. The number of benzene rings is 1. The van der Waals surface area contributed by atoms with Gasteiger partial charge in [-0.2, -0.15) is 0 Å². The lowest BCUT2D eigenvalue weighted by molar-refractivity contribution is -0.157. The van der Waals surface area contributed by atoms with Crippen LogP contribution in [0.3, 0.4) is 0 Å². The number of ether oxygens (including phenoxy) is 1. The number of phenols is 1. The van der Waals surface area contributed by atoms with Crippen LogP contribution in [0.2, 0.25) is 0 Å². The first kappa shape index (κ1) is 13.8. The van der Waals surface area contributed by atoms with E-state index in [1.807, 2.05) is 4.90 Å². The number of hydrogen-bond acceptors (Lipinski definition) is 4. The maximum atomic E-state index is 13.8. The van der Waals surface area contributed by atoms with Gasteiger partial charge < -0.3 is 14.9 Å². The maximum Gasteiger partial charge on any atom is 0.334 e. The van der Waals surface area contributed by atoms with E-state index in [9.17, 15) is 14.3 Å². The number of morpholine rings is 1. The molecule has 0 aliphatic carbocycles. The van der Waals surface area contributed by atoms with Crippen LogP contribution in [-0.4, -0.2) is 46.9 Å². The zero-order chi connectivity index (χ0) is 14.0. The van der Waals surface area contributed by atoms with Gasteiger partial charge in [0.1, 0.15) is 11.6 Å². The molecule has 0 spiro atoms. The second kappa shape index (κ2) is 5.54. The minimum absolute atomic E-state index is 0.126. The van der Waals surface area contributed by atoms with Crippen molar-refractivity contribution in [3.63, 3.8) is 0 Å². The average Bonchev–Trinajstić information content (AvgIpc) is 2.38. The number of phenolic OH excluding ortho intramolecular Hbond substituents is 1. The molecule has 1 fully saturated rings. The number of carboxylic acid groups (broad SMARTS) is 1. The van der Waals surface area contributed by atoms with Crippen molar-refractivity contribution in [3.8, 4) is 5.75 Å². The van der Waals surface area contributed by atoms with Crippen LogP contribution in [0.4, 0.5) is 4.39 Å². The van der Waals surface area contributed by atoms with E-state index in [1.165, 1.54) is 12.1 Å². The third-order valence-corrected chi connectivity index (χ3v) is 3.36. The summed E-state index contributed by atoms with van der Waals surface area (Å²) in [6, 6.07) is 3.72. The lowest BCUT2D eigenvalue weighted by Gasteiger charge is -2.35. The second-order valence-electron chi connectivity index (χ2n) is 4.57. The Kier molecular flexibility index (Phi) is 4.01. The number of aromatic hydroxyl groups is 1. The van der Waals surface area contributed by atoms with Crippen LogP contribution in [0, 0.1) is 5.82 Å². The van der Waals surface area contributed by atoms with Gasteiger partial charge in [0.15, 0.2) is 6.10 Å². The third kappa shape index (κ3) is 3.02. The highest BCUT2D eigenvalue weighted by Gasteiger charge is 2.30. The number of rotatable bonds is 3. The Bertz CT molecular complexity index is 480. The van der Waals surface area contributed by atoms with Gasteiger partial charge in [-0.05, 0) is 13.0 Å². The van der Waals surface area contributed by atoms with Gasteiger partial charge in [-0.3, -0.25) is 4.90 Å². The molecule has 1 aromatic carbocycles. The Labute approximate surface area is 110 Å². The summed E-state index contributed by atoms with van der Waals surface area (Å²) in [4.78, 5) is 12.8. The van der Waals surface area contributed by atoms with Gasteiger partial charge >= 0.3 is 5.97 Å². The summed E-state index contributed by atoms with van der Waals surface area (Å²) in [5.74, 6) is -1.63. The summed E-state index contributed by atoms with van der Waals surface area (Å²) in [5.41, 5.74) is 0.434. The van der Waals surface area contributed by atoms with Crippen molar-refractivity contribution in [2.45, 2.75) is 19.1 Å². The second-order valence-corrected chi connectivity index (χ2v) is 4.57. The summed E-state index contributed by atoms with van der Waals surface area (Å²) in [6.45, 7) is 2.88. The monoisotopic (exact) mass is 269 g/mol. The van der Waals surface area contributed by atoms with E-state index >= 15 is 0 Å². The zero-order valence-electron chi connectivity index (χ0n) is 10.5. The first-order valence-electron chi connectivity index (χ1n) is 6.06. The van der Waals surface area contributed by atoms with Crippen molar-refractivity contribution in [2.24, 2.45) is 0 Å². The molecule has 2 rings (SSSR count). The molecule has 0 radical (unpaired) electrons. The zero-order valence-corrected chi connectivity index (χ0v) is 10.5. The van der Waals surface area contributed by atoms with Gasteiger partial charge in [0.05, 0.1) is 6.61 Å². The first-order valence-corrected chi connectivity index (χ1v) is 6.06. The molecule has 5 nitrogen and oxygen atoms in total. The fourth-order valence-electron chi connectivity index (χ4n) is 2.22. The molecule has 2 N–H and O–H groups in total. The first-order chi connectivity index (χ1) is 8.99. The molecule has 6 heteroatoms. The fourth-order valence-corrected chi connectivity index (χ4v) is 2.22. The van der Waals surface area contributed by atoms with Crippen LogP contribution < -0.4 is 0 Å². The minimum Gasteiger partial charge on any atom is -0.508 e. The van der Waals surface area contributed by atoms with E-state index in [-0.39, 0.29) is 18.3 Å². The molecule has 2 atom stereocenters. The number of halogens is 1. The maximum absolute atomic E-state index is 13.8. The molecule has 104 valence electrons. The van der Waals surface area contributed by atoms with Crippen molar-refractivity contribution in [1.82, 2.24) is 4.90 Å². The SMILES string of the molecule is CC(c1ccc(O)cc1F)N1CCOC(C(=O)O)C1. The van der Waals surface area contributed by atoms with Crippen molar-refractivity contribution >= 4 is 5.97 Å². The molecule has 0 aromatic heterocycles. The molecule has 1 aliphatic rings. The number of carbonyl (C=O) groups is 1. The van der Waals surface area contributed by atoms with E-state index in [0.29, 0.717) is 18.7 Å². The summed E-state index contributed by atoms with van der Waals surface area (Å²) >= 11 is 0. The predicted molar refractivity (Wildman–Crippen MR) is 65.4 cm³/mol. The number of nitrogens with zero attached hydrogens (tertiary/aromatic N) is 1. The molecule has 1 saturated heterocycles. The molecule has 2 unspecified atom stereocenters. The molecule has 1 heterocycles. The van der Waals surface area contributed by atoms with Gasteiger partial charge in [0.25, 0.3) is 0 Å². The van der Waals surface area contributed by atoms with Gasteiger partial charge in [0.2, 0.25) is 0 Å². The molecule has 0 bridgehead atoms. The molecule has 19 heavy (non-hydrogen) atoms. The van der Waals surface area contributed by atoms with Crippen LogP contribution in [-0.2, 0) is 9.53 Å². The van der Waals surface area contributed by atoms with Crippen LogP contribution in [0.25, 0.3) is 0 Å². The highest BCUT2D eigenvalue weighted by molar-refractivity contribution is 5.72. The predicted octanol–water partition coefficient (Wildman–Crippen LogP) is 1.38. The summed E-state index contributed by atoms with van der Waals surface area (Å²) < 4.78 is 18.9. The largest absolute Gasteiger partial charge is 0.508 e. The third-order valence-electron chi connectivity index (χ3n) is 3.36. The highest BCUT2D eigenvalue weighted by atomic mass is 19.1. The van der Waals surface area contributed by atoms with Crippen molar-refractivity contribution in [3.05, 3.63) is 29.6 Å². The van der Waals surface area contributed by atoms with Crippen LogP contribution in [0.15, 0.2) is 18.2 Å². The Hall–Kier alpha value is -1.66. The molecule has 0 amide bonds. The number of carboxylic acids is 1. The van der Waals surface area contributed by atoms with E-state index in [4.69, 9.17) is 9.84 Å². The Morgan fingerprint density at radius 2 is 2.32 bits per heavy atom. The summed E-state index contributed by atoms with van der Waals surface area (Å²) in [6.07, 6.45) is -0.878. The molecule has 1 aromatic rings. The highest BCUT2D eigenvalue weighted by Crippen LogP contribution is 2.27. The smallest absolute Gasteiger partial charge is 0.334 e. The van der Waals surface area contributed by atoms with Gasteiger partial charge in [-0.15, -0.1) is 0 Å². The molecular weight excluding hydrogens is 253 g/mol. The molecule has 1 aliphatic heterocycles. The quantitative estimate of drug-likeness (QED) is 0.867. The topological polar surface area (TPSA) is 70.0 Å². The Balaban J connectivity index is 2.14. The van der Waals surface area contributed by atoms with E-state index in [0.717, 1.165) is 6.07 Å². The lowest BCUT2D eigenvalue weighted by atomic mass is 10.0. The number of hydrogen-bond donors (Lipinski definition) is 2. The van der Waals surface area contributed by atoms with E-state index < -0.39 is 17.9 Å². The van der Waals surface area contributed by atoms with Gasteiger partial charge in [-0.1, -0.05) is 6.07 Å². The average molecular weight is 269 g/mol. The minimum atomic E-state index is -1.01. The van der Waals surface area contributed by atoms with Crippen molar-refractivity contribution < 1.29 is 24.1 Å². The van der Waals surface area contributed by atoms with Gasteiger partial charge in [-0.25, -0.2) is 9.18 Å². The lowest BCUT2D eigenvalue weighted by Crippen LogP contribution is -2.47. The normalized spacial score (nSPS) is 22.1. The fraction of sp³-hybridized carbons (Fsp3) is 0.462. The van der Waals surface area contributed by atoms with Crippen LogP contribution in [0.5, 0.6) is 5.75 Å². The van der Waals surface area contributed by atoms with E-state index in [2.05, 4.69) is 0 Å². The van der Waals surface area contributed by atoms with Crippen molar-refractivity contribution in [2.75, 3.05) is 19.7 Å². The number of aliphatic carboxylic acids is 1. The summed E-state index contributed by atoms with van der Waals surface area (Å²) in [5, 5.41) is 18.1. The van der Waals surface area contributed by atoms with Crippen molar-refractivity contribution in [1.29, 1.82) is 0 Å². The Morgan fingerprint density at radius 1 is 1.58 bits per heavy atom. The molecular formula is C13H16FNO4. The summed E-state index contributed by atoms with van der Waals surface area (Å²) in [7, 11) is 0. The standard InChI is InChI=1S/C13H16FNO4/c1-8(10-3-2-9(16)6-11(10)14)15-4-5-19-12(7-15)13(17)18/h2-3,6,8,12,16H,4-5,7H2,1H3,(H,17,18). The van der Waals surface area contributed by atoms with E-state index in [1.54, 1.807) is 6.92 Å². The molecule has 0 saturated carbocycles. The van der Waals surface area contributed by atoms with Crippen LogP contribution >= 0.6 is 0 Å². The van der Waals surface area contributed by atoms with Crippen LogP contribution in [0.1, 0.15) is 18.5 Å².